The molecule has 1 unspecified atom stereocenters. The van der Waals surface area contributed by atoms with Crippen molar-refractivity contribution in [3.63, 3.8) is 0 Å². The zero-order chi connectivity index (χ0) is 53.8. The number of cyclic esters (lactones) is 1. The molecule has 1 amide bonds. The maximum Gasteiger partial charge on any atom is 0.329 e. The molecule has 0 spiro atoms. The molecule has 15 nitrogen and oxygen atoms in total. The number of rotatable bonds is 14. The van der Waals surface area contributed by atoms with Gasteiger partial charge in [0.25, 0.3) is 11.7 Å². The maximum atomic E-state index is 14.6. The first kappa shape index (κ1) is 62.9. The molecule has 3 N–H and O–H groups in total. The van der Waals surface area contributed by atoms with E-state index in [1.165, 1.54) is 12.0 Å². The largest absolute Gasteiger partial charge is 0.460 e. The number of aliphatic hydroxyl groups excluding tert-OH is 2. The lowest BCUT2D eigenvalue weighted by atomic mass is 9.78. The summed E-state index contributed by atoms with van der Waals surface area (Å²) in [5.74, 6) is -7.92. The van der Waals surface area contributed by atoms with E-state index < -0.39 is 77.8 Å². The molecule has 1 aliphatic carbocycles. The smallest absolute Gasteiger partial charge is 0.329 e. The van der Waals surface area contributed by atoms with Gasteiger partial charge in [0, 0.05) is 75.6 Å². The van der Waals surface area contributed by atoms with E-state index in [0.717, 1.165) is 35.7 Å². The van der Waals surface area contributed by atoms with Gasteiger partial charge < -0.3 is 48.6 Å². The third-order valence-corrected chi connectivity index (χ3v) is 16.4. The van der Waals surface area contributed by atoms with Crippen molar-refractivity contribution in [1.29, 1.82) is 0 Å². The van der Waals surface area contributed by atoms with E-state index in [0.29, 0.717) is 70.2 Å². The van der Waals surface area contributed by atoms with Crippen LogP contribution in [0, 0.1) is 35.5 Å². The number of methoxy groups -OCH3 is 2. The summed E-state index contributed by atoms with van der Waals surface area (Å²) in [6.07, 6.45) is 14.6. The van der Waals surface area contributed by atoms with E-state index in [4.69, 9.17) is 28.4 Å². The lowest BCUT2D eigenvalue weighted by Crippen LogP contribution is -2.61. The van der Waals surface area contributed by atoms with Crippen molar-refractivity contribution in [2.75, 3.05) is 45.0 Å². The van der Waals surface area contributed by atoms with Gasteiger partial charge in [0.15, 0.2) is 5.78 Å². The predicted octanol–water partition coefficient (Wildman–Crippen LogP) is 8.17. The first-order valence-corrected chi connectivity index (χ1v) is 28.7. The zero-order valence-corrected chi connectivity index (χ0v) is 47.5. The summed E-state index contributed by atoms with van der Waals surface area (Å²) in [4.78, 5) is 72.8. The second kappa shape index (κ2) is 31.5. The Bertz CT molecular complexity index is 1900. The second-order valence-electron chi connectivity index (χ2n) is 21.5. The Labute approximate surface area is 449 Å². The van der Waals surface area contributed by atoms with E-state index >= 15 is 0 Å². The minimum absolute atomic E-state index is 0.00128. The molecule has 2 saturated heterocycles. The molecule has 414 valence electrons. The van der Waals surface area contributed by atoms with Crippen LogP contribution in [0.5, 0.6) is 0 Å². The molecular formula is C57H90INO14. The fraction of sp³-hybridized carbons (Fsp3) is 0.772. The Kier molecular flexibility index (Phi) is 27.1. The van der Waals surface area contributed by atoms with Gasteiger partial charge in [-0.15, -0.1) is 0 Å². The molecule has 15 atom stereocenters. The zero-order valence-electron chi connectivity index (χ0n) is 45.3. The van der Waals surface area contributed by atoms with E-state index in [-0.39, 0.29) is 73.9 Å². The maximum absolute atomic E-state index is 14.6. The van der Waals surface area contributed by atoms with E-state index in [2.05, 4.69) is 22.6 Å². The number of esters is 1. The topological polar surface area (TPSA) is 205 Å². The first-order valence-electron chi connectivity index (χ1n) is 27.2. The van der Waals surface area contributed by atoms with E-state index in [9.17, 15) is 39.3 Å². The monoisotopic (exact) mass is 1140 g/mol. The highest BCUT2D eigenvalue weighted by Gasteiger charge is 2.53. The SMILES string of the molecule is CO[C@@H]1C[C@H](C[C@@H](C)C2CC(=O)[C@H](C)C=C(C)[C@@H](O)[C@@H](OC)C(=O)[C@H](C)C[C@H](C)C=CC=CC=C(C)[C@H](OCCCCO)C[C@@H]3CC[C@@H](C)[C@@](O)(O3)C(=O)C(=O)N3CCCC[C@H]3C(=O)O2)CC[C@H]1OCCCI. The molecule has 16 heteroatoms. The minimum atomic E-state index is -2.46. The normalized spacial score (nSPS) is 35.0. The number of allylic oxidation sites excluding steroid dienone is 6. The average molecular weight is 1140 g/mol. The van der Waals surface area contributed by atoms with Gasteiger partial charge in [0.1, 0.15) is 30.1 Å². The second-order valence-corrected chi connectivity index (χ2v) is 22.6. The van der Waals surface area contributed by atoms with Gasteiger partial charge in [-0.25, -0.2) is 4.79 Å². The third-order valence-electron chi connectivity index (χ3n) is 15.7. The fourth-order valence-electron chi connectivity index (χ4n) is 10.9. The molecule has 2 bridgehead atoms. The van der Waals surface area contributed by atoms with Gasteiger partial charge in [-0.1, -0.05) is 93.7 Å². The van der Waals surface area contributed by atoms with Gasteiger partial charge in [-0.2, -0.15) is 0 Å². The van der Waals surface area contributed by atoms with Gasteiger partial charge >= 0.3 is 5.97 Å². The predicted molar refractivity (Wildman–Crippen MR) is 288 cm³/mol. The van der Waals surface area contributed by atoms with Crippen LogP contribution >= 0.6 is 22.6 Å². The number of carbonyl (C=O) groups excluding carboxylic acids is 5. The van der Waals surface area contributed by atoms with Crippen LogP contribution in [0.15, 0.2) is 47.6 Å². The molecule has 4 rings (SSSR count). The lowest BCUT2D eigenvalue weighted by Gasteiger charge is -2.43. The van der Waals surface area contributed by atoms with Crippen molar-refractivity contribution < 1.29 is 67.7 Å². The molecule has 4 aliphatic rings. The summed E-state index contributed by atoms with van der Waals surface area (Å²) < 4.78 is 37.7. The Morgan fingerprint density at radius 1 is 0.849 bits per heavy atom. The van der Waals surface area contributed by atoms with E-state index in [1.807, 2.05) is 58.1 Å². The standard InChI is InChI=1S/C57H90INO14/c1-36-18-11-10-12-19-37(2)48(71-28-16-15-27-60)34-44-23-21-42(7)57(67,73-44)54(64)55(65)59-26-14-13-20-45(59)56(66)72-49(39(4)32-43-22-24-47(50(33-43)68-8)70-29-17-25-58)35-46(61)38(3)31-41(6)52(63)53(69-9)51(62)40(5)30-36/h10-12,18-19,31,36,38-40,42-45,47-50,52-53,60,63,67H,13-17,20-30,32-35H2,1-9H3/t36-,38-,39-,40-,42-,43+,44+,45+,47-,48-,49?,50-,52-,53+,57-/m1/s1. The summed E-state index contributed by atoms with van der Waals surface area (Å²) in [6.45, 7) is 13.9. The lowest BCUT2D eigenvalue weighted by molar-refractivity contribution is -0.266. The third kappa shape index (κ3) is 18.5. The average Bonchev–Trinajstić information content (AvgIpc) is 3.37. The molecule has 3 aliphatic heterocycles. The summed E-state index contributed by atoms with van der Waals surface area (Å²) in [7, 11) is 3.08. The Morgan fingerprint density at radius 3 is 2.29 bits per heavy atom. The number of unbranched alkanes of at least 4 members (excludes halogenated alkanes) is 1. The van der Waals surface area contributed by atoms with Crippen molar-refractivity contribution in [3.05, 3.63) is 47.6 Å². The number of ether oxygens (including phenoxy) is 6. The van der Waals surface area contributed by atoms with Crippen molar-refractivity contribution in [2.24, 2.45) is 35.5 Å². The van der Waals surface area contributed by atoms with Crippen LogP contribution in [-0.4, -0.2) is 149 Å². The molecule has 3 heterocycles. The number of ketones is 3. The number of piperidine rings is 1. The summed E-state index contributed by atoms with van der Waals surface area (Å²) in [6, 6.07) is -1.15. The number of aliphatic hydroxyl groups is 3. The molecular weight excluding hydrogens is 1050 g/mol. The van der Waals surface area contributed by atoms with Crippen LogP contribution in [0.3, 0.4) is 0 Å². The molecule has 0 aromatic rings. The number of alkyl halides is 1. The van der Waals surface area contributed by atoms with E-state index in [1.54, 1.807) is 34.0 Å². The highest BCUT2D eigenvalue weighted by Crippen LogP contribution is 2.38. The fourth-order valence-corrected chi connectivity index (χ4v) is 11.2. The number of Topliss-reactive ketones (excluding diaryl/α,β-unsaturated/α-hetero) is 3. The van der Waals surface area contributed by atoms with Gasteiger partial charge in [-0.3, -0.25) is 19.2 Å². The van der Waals surface area contributed by atoms with Crippen LogP contribution in [0.2, 0.25) is 0 Å². The van der Waals surface area contributed by atoms with Crippen molar-refractivity contribution in [3.8, 4) is 0 Å². The van der Waals surface area contributed by atoms with Crippen LogP contribution in [-0.2, 0) is 52.4 Å². The van der Waals surface area contributed by atoms with Crippen molar-refractivity contribution in [2.45, 2.75) is 199 Å². The van der Waals surface area contributed by atoms with Crippen LogP contribution < -0.4 is 0 Å². The summed E-state index contributed by atoms with van der Waals surface area (Å²) in [5.41, 5.74) is 1.26. The first-order chi connectivity index (χ1) is 34.8. The van der Waals surface area contributed by atoms with Gasteiger partial charge in [0.05, 0.1) is 24.4 Å². The number of nitrogens with zero attached hydrogens (tertiary/aromatic N) is 1. The minimum Gasteiger partial charge on any atom is -0.460 e. The Morgan fingerprint density at radius 2 is 1.59 bits per heavy atom. The molecule has 0 radical (unpaired) electrons. The number of hydrogen-bond donors (Lipinski definition) is 3. The van der Waals surface area contributed by atoms with Crippen LogP contribution in [0.1, 0.15) is 145 Å². The number of hydrogen-bond acceptors (Lipinski definition) is 14. The quantitative estimate of drug-likeness (QED) is 0.0375. The summed E-state index contributed by atoms with van der Waals surface area (Å²) in [5, 5.41) is 33.1. The molecule has 1 saturated carbocycles. The summed E-state index contributed by atoms with van der Waals surface area (Å²) >= 11 is 2.34. The number of halogens is 1. The van der Waals surface area contributed by atoms with Crippen LogP contribution in [0.4, 0.5) is 0 Å². The molecule has 73 heavy (non-hydrogen) atoms. The van der Waals surface area contributed by atoms with Gasteiger partial charge in [0.2, 0.25) is 5.79 Å². The van der Waals surface area contributed by atoms with Crippen LogP contribution in [0.25, 0.3) is 0 Å². The Balaban J connectivity index is 1.71. The number of amides is 1. The Hall–Kier alpha value is -2.68. The molecule has 3 fully saturated rings. The highest BCUT2D eigenvalue weighted by molar-refractivity contribution is 14.1. The van der Waals surface area contributed by atoms with Gasteiger partial charge in [-0.05, 0) is 126 Å². The van der Waals surface area contributed by atoms with Crippen molar-refractivity contribution in [1.82, 2.24) is 4.90 Å². The van der Waals surface area contributed by atoms with Crippen molar-refractivity contribution >= 4 is 51.8 Å². The molecule has 0 aromatic carbocycles. The molecule has 0 aromatic heterocycles. The number of fused-ring (bicyclic) bond motifs is 3. The highest BCUT2D eigenvalue weighted by atomic mass is 127. The number of carbonyl (C=O) groups is 5.